The van der Waals surface area contributed by atoms with Crippen LogP contribution in [0.2, 0.25) is 0 Å². The molecular formula is C30H38FN3O4. The van der Waals surface area contributed by atoms with Gasteiger partial charge in [0.05, 0.1) is 6.61 Å². The number of piperidine rings is 1. The molecule has 0 spiro atoms. The lowest BCUT2D eigenvalue weighted by Gasteiger charge is -2.40. The monoisotopic (exact) mass is 523 g/mol. The first-order valence-electron chi connectivity index (χ1n) is 13.8. The molecule has 2 aromatic rings. The highest BCUT2D eigenvalue weighted by Gasteiger charge is 2.42. The second kappa shape index (κ2) is 12.9. The van der Waals surface area contributed by atoms with Gasteiger partial charge in [0.25, 0.3) is 5.91 Å². The summed E-state index contributed by atoms with van der Waals surface area (Å²) in [5.74, 6) is -1.24. The maximum Gasteiger partial charge on any atom is 0.410 e. The van der Waals surface area contributed by atoms with Gasteiger partial charge >= 0.3 is 6.09 Å². The smallest absolute Gasteiger partial charge is 0.410 e. The summed E-state index contributed by atoms with van der Waals surface area (Å²) in [5.41, 5.74) is 1.78. The Kier molecular flexibility index (Phi) is 9.37. The summed E-state index contributed by atoms with van der Waals surface area (Å²) in [6.07, 6.45) is 6.41. The zero-order valence-corrected chi connectivity index (χ0v) is 22.3. The van der Waals surface area contributed by atoms with Gasteiger partial charge in [-0.05, 0) is 75.3 Å². The van der Waals surface area contributed by atoms with Crippen LogP contribution in [0.3, 0.4) is 0 Å². The summed E-state index contributed by atoms with van der Waals surface area (Å²) in [4.78, 5) is 44.1. The lowest BCUT2D eigenvalue weighted by atomic mass is 9.93. The van der Waals surface area contributed by atoms with Crippen molar-refractivity contribution in [3.05, 3.63) is 65.5 Å². The highest BCUT2D eigenvalue weighted by molar-refractivity contribution is 6.04. The van der Waals surface area contributed by atoms with Crippen LogP contribution in [0.25, 0.3) is 0 Å². The lowest BCUT2D eigenvalue weighted by Crippen LogP contribution is -2.56. The fourth-order valence-electron chi connectivity index (χ4n) is 5.62. The molecule has 3 amide bonds. The van der Waals surface area contributed by atoms with Crippen molar-refractivity contribution in [2.24, 2.45) is 0 Å². The Morgan fingerprint density at radius 2 is 1.76 bits per heavy atom. The van der Waals surface area contributed by atoms with Gasteiger partial charge < -0.3 is 10.1 Å². The number of aryl methyl sites for hydroxylation is 1. The van der Waals surface area contributed by atoms with Gasteiger partial charge in [-0.2, -0.15) is 0 Å². The van der Waals surface area contributed by atoms with E-state index in [0.717, 1.165) is 50.5 Å². The highest BCUT2D eigenvalue weighted by Crippen LogP contribution is 2.34. The molecule has 0 aromatic heterocycles. The third kappa shape index (κ3) is 6.34. The van der Waals surface area contributed by atoms with Crippen LogP contribution in [0.4, 0.5) is 14.9 Å². The first-order chi connectivity index (χ1) is 18.4. The first-order valence-corrected chi connectivity index (χ1v) is 13.8. The number of amides is 3. The molecule has 204 valence electrons. The lowest BCUT2D eigenvalue weighted by molar-refractivity contribution is -0.130. The van der Waals surface area contributed by atoms with Gasteiger partial charge in [-0.1, -0.05) is 49.6 Å². The van der Waals surface area contributed by atoms with E-state index in [2.05, 4.69) is 5.32 Å². The molecule has 1 aliphatic carbocycles. The molecule has 1 saturated carbocycles. The minimum absolute atomic E-state index is 0.0259. The van der Waals surface area contributed by atoms with E-state index in [-0.39, 0.29) is 24.2 Å². The molecule has 0 bridgehead atoms. The Balaban J connectivity index is 1.80. The quantitative estimate of drug-likeness (QED) is 0.507. The molecule has 0 unspecified atom stereocenters. The predicted molar refractivity (Wildman–Crippen MR) is 144 cm³/mol. The van der Waals surface area contributed by atoms with Gasteiger partial charge in [0.1, 0.15) is 17.9 Å². The van der Waals surface area contributed by atoms with Crippen molar-refractivity contribution in [1.29, 1.82) is 0 Å². The molecular weight excluding hydrogens is 485 g/mol. The number of anilines is 1. The number of benzene rings is 2. The maximum atomic E-state index is 14.5. The number of hydrogen-bond donors (Lipinski definition) is 1. The van der Waals surface area contributed by atoms with E-state index in [1.54, 1.807) is 13.0 Å². The Morgan fingerprint density at radius 3 is 2.47 bits per heavy atom. The van der Waals surface area contributed by atoms with E-state index < -0.39 is 29.9 Å². The van der Waals surface area contributed by atoms with Crippen molar-refractivity contribution in [1.82, 2.24) is 10.2 Å². The highest BCUT2D eigenvalue weighted by atomic mass is 19.1. The Labute approximate surface area is 224 Å². The summed E-state index contributed by atoms with van der Waals surface area (Å²) in [5, 5.41) is 3.19. The van der Waals surface area contributed by atoms with Crippen molar-refractivity contribution < 1.29 is 23.5 Å². The van der Waals surface area contributed by atoms with E-state index in [4.69, 9.17) is 4.74 Å². The number of rotatable bonds is 7. The first kappa shape index (κ1) is 27.6. The van der Waals surface area contributed by atoms with E-state index >= 15 is 0 Å². The molecule has 2 atom stereocenters. The molecule has 1 N–H and O–H groups in total. The fraction of sp³-hybridized carbons (Fsp3) is 0.500. The predicted octanol–water partition coefficient (Wildman–Crippen LogP) is 5.67. The Morgan fingerprint density at radius 1 is 1.03 bits per heavy atom. The average molecular weight is 524 g/mol. The van der Waals surface area contributed by atoms with Crippen molar-refractivity contribution in [3.8, 4) is 0 Å². The minimum Gasteiger partial charge on any atom is -0.450 e. The van der Waals surface area contributed by atoms with Crippen LogP contribution in [0, 0.1) is 12.7 Å². The summed E-state index contributed by atoms with van der Waals surface area (Å²) in [7, 11) is 0. The normalized spacial score (nSPS) is 18.9. The molecule has 38 heavy (non-hydrogen) atoms. The summed E-state index contributed by atoms with van der Waals surface area (Å²) >= 11 is 0. The van der Waals surface area contributed by atoms with Crippen molar-refractivity contribution in [2.75, 3.05) is 18.1 Å². The van der Waals surface area contributed by atoms with E-state index in [9.17, 15) is 18.8 Å². The van der Waals surface area contributed by atoms with Crippen LogP contribution in [0.5, 0.6) is 0 Å². The van der Waals surface area contributed by atoms with Gasteiger partial charge in [-0.15, -0.1) is 0 Å². The zero-order chi connectivity index (χ0) is 27.1. The molecule has 1 saturated heterocycles. The van der Waals surface area contributed by atoms with Gasteiger partial charge in [-0.3, -0.25) is 19.4 Å². The standard InChI is InChI=1S/C30H38FN3O4/c1-3-38-30(37)33-19-10-9-18-26(33)29(36)34(24-16-11-13-22(31)20-24)27(25-17-8-7-12-21(25)2)28(35)32-23-14-5-4-6-15-23/h7-8,11-13,16-17,20,23,26-27H,3-6,9-10,14-15,18-19H2,1-2H3,(H,32,35)/t26-,27-/m0/s1. The molecule has 7 nitrogen and oxygen atoms in total. The van der Waals surface area contributed by atoms with Crippen LogP contribution < -0.4 is 10.2 Å². The van der Waals surface area contributed by atoms with Crippen molar-refractivity contribution in [3.63, 3.8) is 0 Å². The maximum absolute atomic E-state index is 14.5. The minimum atomic E-state index is -1.03. The van der Waals surface area contributed by atoms with Gasteiger partial charge in [0.2, 0.25) is 5.91 Å². The van der Waals surface area contributed by atoms with Gasteiger partial charge in [0, 0.05) is 18.3 Å². The number of halogens is 1. The third-order valence-electron chi connectivity index (χ3n) is 7.56. The number of likely N-dealkylation sites (tertiary alicyclic amines) is 1. The number of nitrogens with one attached hydrogen (secondary N) is 1. The number of nitrogens with zero attached hydrogens (tertiary/aromatic N) is 2. The number of hydrogen-bond acceptors (Lipinski definition) is 4. The number of ether oxygens (including phenoxy) is 1. The summed E-state index contributed by atoms with van der Waals surface area (Å²) < 4.78 is 19.8. The Hall–Kier alpha value is -3.42. The zero-order valence-electron chi connectivity index (χ0n) is 22.3. The molecule has 2 aliphatic rings. The van der Waals surface area contributed by atoms with Crippen LogP contribution in [-0.2, 0) is 14.3 Å². The second-order valence-corrected chi connectivity index (χ2v) is 10.2. The van der Waals surface area contributed by atoms with E-state index in [1.807, 2.05) is 31.2 Å². The van der Waals surface area contributed by atoms with Crippen molar-refractivity contribution >= 4 is 23.6 Å². The summed E-state index contributed by atoms with van der Waals surface area (Å²) in [6.45, 7) is 4.20. The molecule has 8 heteroatoms. The van der Waals surface area contributed by atoms with Crippen molar-refractivity contribution in [2.45, 2.75) is 83.3 Å². The van der Waals surface area contributed by atoms with Gasteiger partial charge in [0.15, 0.2) is 0 Å². The Bertz CT molecular complexity index is 1130. The van der Waals surface area contributed by atoms with Crippen LogP contribution in [-0.4, -0.2) is 48.0 Å². The van der Waals surface area contributed by atoms with E-state index in [0.29, 0.717) is 18.5 Å². The van der Waals surface area contributed by atoms with Crippen LogP contribution in [0.1, 0.15) is 75.5 Å². The molecule has 1 heterocycles. The second-order valence-electron chi connectivity index (χ2n) is 10.2. The topological polar surface area (TPSA) is 79.0 Å². The average Bonchev–Trinajstić information content (AvgIpc) is 2.92. The largest absolute Gasteiger partial charge is 0.450 e. The van der Waals surface area contributed by atoms with Gasteiger partial charge in [-0.25, -0.2) is 9.18 Å². The molecule has 2 fully saturated rings. The third-order valence-corrected chi connectivity index (χ3v) is 7.56. The van der Waals surface area contributed by atoms with E-state index in [1.165, 1.54) is 28.0 Å². The summed E-state index contributed by atoms with van der Waals surface area (Å²) in [6, 6.07) is 11.4. The molecule has 1 aliphatic heterocycles. The van der Waals surface area contributed by atoms with Crippen LogP contribution in [0.15, 0.2) is 48.5 Å². The fourth-order valence-corrected chi connectivity index (χ4v) is 5.62. The molecule has 4 rings (SSSR count). The number of carbonyl (C=O) groups excluding carboxylic acids is 3. The SMILES string of the molecule is CCOC(=O)N1CCCC[C@H]1C(=O)N(c1cccc(F)c1)[C@H](C(=O)NC1CCCCC1)c1ccccc1C. The molecule has 2 aromatic carbocycles. The number of carbonyl (C=O) groups is 3. The molecule has 0 radical (unpaired) electrons. The van der Waals surface area contributed by atoms with Crippen LogP contribution >= 0.6 is 0 Å².